The first-order valence-electron chi connectivity index (χ1n) is 9.43. The van der Waals surface area contributed by atoms with Crippen LogP contribution < -0.4 is 4.90 Å². The summed E-state index contributed by atoms with van der Waals surface area (Å²) < 4.78 is 6.50. The largest absolute Gasteiger partial charge is 0.361 e. The van der Waals surface area contributed by atoms with E-state index in [0.29, 0.717) is 6.54 Å². The van der Waals surface area contributed by atoms with Crippen LogP contribution in [0.2, 0.25) is 0 Å². The molecular weight excluding hydrogens is 360 g/mol. The van der Waals surface area contributed by atoms with E-state index >= 15 is 0 Å². The van der Waals surface area contributed by atoms with Gasteiger partial charge in [-0.05, 0) is 38.8 Å². The van der Waals surface area contributed by atoms with E-state index in [1.807, 2.05) is 30.9 Å². The molecule has 6 nitrogen and oxygen atoms in total. The molecule has 0 saturated carbocycles. The Morgan fingerprint density at radius 3 is 2.85 bits per heavy atom. The van der Waals surface area contributed by atoms with Gasteiger partial charge in [0.25, 0.3) is 0 Å². The molecule has 0 radical (unpaired) electrons. The van der Waals surface area contributed by atoms with Crippen molar-refractivity contribution in [2.45, 2.75) is 39.3 Å². The van der Waals surface area contributed by atoms with Crippen molar-refractivity contribution in [2.24, 2.45) is 5.92 Å². The normalized spacial score (nSPS) is 22.7. The van der Waals surface area contributed by atoms with Crippen LogP contribution in [0.4, 0.5) is 5.13 Å². The fraction of sp³-hybridized carbons (Fsp3) is 0.450. The van der Waals surface area contributed by atoms with Crippen LogP contribution in [0.25, 0.3) is 10.2 Å². The van der Waals surface area contributed by atoms with Crippen molar-refractivity contribution < 1.29 is 9.32 Å². The molecule has 0 unspecified atom stereocenters. The number of carbonyl (C=O) groups is 1. The third kappa shape index (κ3) is 2.81. The minimum atomic E-state index is 0.0382. The Morgan fingerprint density at radius 2 is 2.07 bits per heavy atom. The second kappa shape index (κ2) is 6.34. The maximum Gasteiger partial charge on any atom is 0.228 e. The van der Waals surface area contributed by atoms with Gasteiger partial charge in [0.05, 0.1) is 28.4 Å². The number of hydrogen-bond acceptors (Lipinski definition) is 6. The summed E-state index contributed by atoms with van der Waals surface area (Å²) in [6.45, 7) is 6.05. The van der Waals surface area contributed by atoms with E-state index in [9.17, 15) is 4.79 Å². The zero-order valence-corrected chi connectivity index (χ0v) is 16.3. The summed E-state index contributed by atoms with van der Waals surface area (Å²) >= 11 is 1.72. The number of aromatic nitrogens is 2. The van der Waals surface area contributed by atoms with Gasteiger partial charge < -0.3 is 14.3 Å². The first kappa shape index (κ1) is 16.7. The molecule has 5 heterocycles. The van der Waals surface area contributed by atoms with Gasteiger partial charge in [-0.1, -0.05) is 28.6 Å². The van der Waals surface area contributed by atoms with Gasteiger partial charge in [0.2, 0.25) is 5.91 Å². The fourth-order valence-electron chi connectivity index (χ4n) is 4.30. The van der Waals surface area contributed by atoms with Crippen molar-refractivity contribution >= 4 is 32.6 Å². The molecule has 1 amide bonds. The lowest BCUT2D eigenvalue weighted by Gasteiger charge is -2.35. The quantitative estimate of drug-likeness (QED) is 0.693. The number of rotatable bonds is 3. The first-order chi connectivity index (χ1) is 13.1. The molecule has 3 fully saturated rings. The Kier molecular flexibility index (Phi) is 3.93. The monoisotopic (exact) mass is 382 g/mol. The molecule has 6 rings (SSSR count). The van der Waals surface area contributed by atoms with Gasteiger partial charge in [0, 0.05) is 24.7 Å². The lowest BCUT2D eigenvalue weighted by atomic mass is 9.93. The van der Waals surface area contributed by atoms with Gasteiger partial charge in [0.15, 0.2) is 5.13 Å². The van der Waals surface area contributed by atoms with Crippen LogP contribution in [0.1, 0.15) is 29.9 Å². The van der Waals surface area contributed by atoms with E-state index in [0.717, 1.165) is 53.6 Å². The maximum absolute atomic E-state index is 13.1. The third-order valence-corrected chi connectivity index (χ3v) is 6.95. The molecule has 7 heteroatoms. The van der Waals surface area contributed by atoms with E-state index < -0.39 is 0 Å². The summed E-state index contributed by atoms with van der Waals surface area (Å²) in [5, 5.41) is 5.08. The predicted molar refractivity (Wildman–Crippen MR) is 105 cm³/mol. The molecular formula is C20H22N4O2S. The van der Waals surface area contributed by atoms with Crippen molar-refractivity contribution in [3.63, 3.8) is 0 Å². The number of thiazole rings is 1. The number of nitrogens with zero attached hydrogens (tertiary/aromatic N) is 4. The molecule has 2 atom stereocenters. The van der Waals surface area contributed by atoms with Gasteiger partial charge in [-0.15, -0.1) is 0 Å². The van der Waals surface area contributed by atoms with E-state index in [4.69, 9.17) is 9.51 Å². The lowest BCUT2D eigenvalue weighted by molar-refractivity contribution is -0.140. The molecule has 2 bridgehead atoms. The molecule has 3 saturated heterocycles. The zero-order valence-electron chi connectivity index (χ0n) is 15.5. The lowest BCUT2D eigenvalue weighted by Crippen LogP contribution is -2.47. The van der Waals surface area contributed by atoms with Gasteiger partial charge in [-0.3, -0.25) is 4.79 Å². The van der Waals surface area contributed by atoms with Crippen LogP contribution in [-0.2, 0) is 11.3 Å². The Morgan fingerprint density at radius 1 is 1.22 bits per heavy atom. The van der Waals surface area contributed by atoms with Crippen LogP contribution in [0.5, 0.6) is 0 Å². The molecule has 3 aliphatic heterocycles. The molecule has 2 aromatic heterocycles. The van der Waals surface area contributed by atoms with E-state index in [1.165, 1.54) is 4.70 Å². The summed E-state index contributed by atoms with van der Waals surface area (Å²) in [7, 11) is 0. The fourth-order valence-corrected chi connectivity index (χ4v) is 5.28. The zero-order chi connectivity index (χ0) is 18.5. The van der Waals surface area contributed by atoms with Gasteiger partial charge in [-0.2, -0.15) is 0 Å². The second-order valence-electron chi connectivity index (χ2n) is 7.57. The standard InChI is InChI=1S/C20H22N4O2S/c1-12-16(13(2)26-22-12)11-24-15-8-7-14(19(24)25)9-23(10-15)20-21-17-5-3-4-6-18(17)27-20/h3-6,14-15H,7-11H2,1-2H3/t14-,15+/m1/s1. The molecule has 140 valence electrons. The number of amides is 1. The van der Waals surface area contributed by atoms with Crippen molar-refractivity contribution in [3.8, 4) is 0 Å². The molecule has 0 spiro atoms. The van der Waals surface area contributed by atoms with Crippen LogP contribution >= 0.6 is 11.3 Å². The number of benzene rings is 1. The summed E-state index contributed by atoms with van der Waals surface area (Å²) in [4.78, 5) is 22.3. The van der Waals surface area contributed by atoms with Crippen LogP contribution in [0.15, 0.2) is 28.8 Å². The highest BCUT2D eigenvalue weighted by Crippen LogP contribution is 2.36. The van der Waals surface area contributed by atoms with Gasteiger partial charge in [-0.25, -0.2) is 4.98 Å². The third-order valence-electron chi connectivity index (χ3n) is 5.86. The van der Waals surface area contributed by atoms with Gasteiger partial charge >= 0.3 is 0 Å². The summed E-state index contributed by atoms with van der Waals surface area (Å²) in [6, 6.07) is 8.43. The Balaban J connectivity index is 1.44. The number of carbonyl (C=O) groups excluding carboxylic acids is 1. The molecule has 27 heavy (non-hydrogen) atoms. The summed E-state index contributed by atoms with van der Waals surface area (Å²) in [6.07, 6.45) is 2.00. The number of para-hydroxylation sites is 1. The average Bonchev–Trinajstić information content (AvgIpc) is 3.11. The predicted octanol–water partition coefficient (Wildman–Crippen LogP) is 3.53. The maximum atomic E-state index is 13.1. The van der Waals surface area contributed by atoms with E-state index in [2.05, 4.69) is 22.2 Å². The molecule has 0 N–H and O–H groups in total. The number of piperidine rings is 1. The van der Waals surface area contributed by atoms with Crippen molar-refractivity contribution in [1.82, 2.24) is 15.0 Å². The number of anilines is 1. The topological polar surface area (TPSA) is 62.5 Å². The smallest absolute Gasteiger partial charge is 0.228 e. The summed E-state index contributed by atoms with van der Waals surface area (Å²) in [5.41, 5.74) is 2.96. The molecule has 3 aliphatic rings. The molecule has 0 aliphatic carbocycles. The number of hydrogen-bond donors (Lipinski definition) is 0. The van der Waals surface area contributed by atoms with Crippen molar-refractivity contribution in [1.29, 1.82) is 0 Å². The van der Waals surface area contributed by atoms with Crippen LogP contribution in [0, 0.1) is 19.8 Å². The second-order valence-corrected chi connectivity index (χ2v) is 8.58. The summed E-state index contributed by atoms with van der Waals surface area (Å²) in [5.74, 6) is 1.11. The van der Waals surface area contributed by atoms with Crippen molar-refractivity contribution in [2.75, 3.05) is 18.0 Å². The number of aryl methyl sites for hydroxylation is 2. The first-order valence-corrected chi connectivity index (χ1v) is 10.2. The Labute approximate surface area is 161 Å². The minimum absolute atomic E-state index is 0.0382. The van der Waals surface area contributed by atoms with E-state index in [-0.39, 0.29) is 17.9 Å². The number of fused-ring (bicyclic) bond motifs is 5. The molecule has 1 aromatic carbocycles. The average molecular weight is 382 g/mol. The highest BCUT2D eigenvalue weighted by atomic mass is 32.1. The van der Waals surface area contributed by atoms with E-state index in [1.54, 1.807) is 11.3 Å². The SMILES string of the molecule is Cc1noc(C)c1CN1C(=O)[C@@H]2CC[C@H]1CN(c1nc3ccccc3s1)C2. The van der Waals surface area contributed by atoms with Gasteiger partial charge in [0.1, 0.15) is 5.76 Å². The highest BCUT2D eigenvalue weighted by molar-refractivity contribution is 7.22. The minimum Gasteiger partial charge on any atom is -0.361 e. The van der Waals surface area contributed by atoms with Crippen molar-refractivity contribution in [3.05, 3.63) is 41.3 Å². The Hall–Kier alpha value is -2.41. The Bertz CT molecular complexity index is 958. The highest BCUT2D eigenvalue weighted by Gasteiger charge is 2.41. The molecule has 3 aromatic rings. The van der Waals surface area contributed by atoms with Crippen LogP contribution in [0.3, 0.4) is 0 Å². The van der Waals surface area contributed by atoms with Crippen LogP contribution in [-0.4, -0.2) is 40.1 Å².